The van der Waals surface area contributed by atoms with Crippen molar-refractivity contribution in [2.24, 2.45) is 0 Å². The fraction of sp³-hybridized carbons (Fsp3) is 0.400. The molecule has 2 aromatic rings. The number of aryl methyl sites for hydroxylation is 2. The van der Waals surface area contributed by atoms with Crippen molar-refractivity contribution in [3.05, 3.63) is 53.1 Å². The van der Waals surface area contributed by atoms with Gasteiger partial charge in [0, 0.05) is 6.54 Å². The van der Waals surface area contributed by atoms with Crippen molar-refractivity contribution in [2.45, 2.75) is 27.3 Å². The van der Waals surface area contributed by atoms with E-state index in [1.54, 1.807) is 0 Å². The largest absolute Gasteiger partial charge is 0.490 e. The summed E-state index contributed by atoms with van der Waals surface area (Å²) in [5, 5.41) is 3.14. The number of nitrogens with one attached hydrogen (secondary N) is 1. The Balaban J connectivity index is 1.92. The minimum absolute atomic E-state index is 0.471. The number of ether oxygens (including phenoxy) is 3. The van der Waals surface area contributed by atoms with Gasteiger partial charge in [0.1, 0.15) is 19.0 Å². The molecule has 2 aromatic carbocycles. The average molecular weight is 329 g/mol. The summed E-state index contributed by atoms with van der Waals surface area (Å²) in [5.41, 5.74) is 3.49. The summed E-state index contributed by atoms with van der Waals surface area (Å²) in [7, 11) is 1.93. The SMILES string of the molecule is CCOc1cc(CNC)ccc1OCCOc1cc(C)ccc1C. The molecule has 1 N–H and O–H groups in total. The van der Waals surface area contributed by atoms with E-state index in [0.717, 1.165) is 29.4 Å². The van der Waals surface area contributed by atoms with Crippen molar-refractivity contribution in [3.8, 4) is 17.2 Å². The Hall–Kier alpha value is -2.20. The normalized spacial score (nSPS) is 10.5. The number of benzene rings is 2. The minimum atomic E-state index is 0.471. The maximum absolute atomic E-state index is 5.84. The Bertz CT molecular complexity index is 655. The first-order valence-corrected chi connectivity index (χ1v) is 8.37. The van der Waals surface area contributed by atoms with Gasteiger partial charge in [-0.25, -0.2) is 0 Å². The first-order chi connectivity index (χ1) is 11.6. The lowest BCUT2D eigenvalue weighted by Gasteiger charge is -2.14. The highest BCUT2D eigenvalue weighted by atomic mass is 16.5. The van der Waals surface area contributed by atoms with E-state index < -0.39 is 0 Å². The predicted octanol–water partition coefficient (Wildman–Crippen LogP) is 3.88. The Labute approximate surface area is 144 Å². The van der Waals surface area contributed by atoms with Gasteiger partial charge < -0.3 is 19.5 Å². The molecule has 0 unspecified atom stereocenters. The molecule has 0 aromatic heterocycles. The summed E-state index contributed by atoms with van der Waals surface area (Å²) >= 11 is 0. The molecular formula is C20H27NO3. The number of rotatable bonds is 9. The second-order valence-corrected chi connectivity index (χ2v) is 5.71. The van der Waals surface area contributed by atoms with Gasteiger partial charge in [-0.1, -0.05) is 18.2 Å². The van der Waals surface area contributed by atoms with Crippen LogP contribution in [0, 0.1) is 13.8 Å². The Kier molecular flexibility index (Phi) is 6.94. The molecule has 0 aliphatic carbocycles. The lowest BCUT2D eigenvalue weighted by molar-refractivity contribution is 0.207. The second-order valence-electron chi connectivity index (χ2n) is 5.71. The van der Waals surface area contributed by atoms with Crippen molar-refractivity contribution in [1.29, 1.82) is 0 Å². The van der Waals surface area contributed by atoms with Crippen LogP contribution in [-0.2, 0) is 6.54 Å². The van der Waals surface area contributed by atoms with E-state index in [9.17, 15) is 0 Å². The van der Waals surface area contributed by atoms with Crippen LogP contribution in [0.2, 0.25) is 0 Å². The fourth-order valence-electron chi connectivity index (χ4n) is 2.42. The molecule has 24 heavy (non-hydrogen) atoms. The highest BCUT2D eigenvalue weighted by Crippen LogP contribution is 2.28. The monoisotopic (exact) mass is 329 g/mol. The summed E-state index contributed by atoms with van der Waals surface area (Å²) in [6, 6.07) is 12.2. The molecule has 0 spiro atoms. The van der Waals surface area contributed by atoms with Gasteiger partial charge in [0.15, 0.2) is 11.5 Å². The maximum atomic E-state index is 5.84. The third-order valence-electron chi connectivity index (χ3n) is 3.63. The van der Waals surface area contributed by atoms with Crippen LogP contribution < -0.4 is 19.5 Å². The molecule has 0 bridgehead atoms. The maximum Gasteiger partial charge on any atom is 0.161 e. The zero-order valence-corrected chi connectivity index (χ0v) is 15.0. The van der Waals surface area contributed by atoms with Crippen molar-refractivity contribution in [3.63, 3.8) is 0 Å². The lowest BCUT2D eigenvalue weighted by Crippen LogP contribution is -2.11. The van der Waals surface area contributed by atoms with E-state index >= 15 is 0 Å². The summed E-state index contributed by atoms with van der Waals surface area (Å²) in [6.07, 6.45) is 0. The van der Waals surface area contributed by atoms with Crippen LogP contribution in [0.1, 0.15) is 23.6 Å². The summed E-state index contributed by atoms with van der Waals surface area (Å²) in [4.78, 5) is 0. The van der Waals surface area contributed by atoms with Crippen LogP contribution in [0.5, 0.6) is 17.2 Å². The first kappa shape index (κ1) is 18.1. The van der Waals surface area contributed by atoms with Crippen LogP contribution >= 0.6 is 0 Å². The van der Waals surface area contributed by atoms with Crippen LogP contribution in [0.15, 0.2) is 36.4 Å². The third-order valence-corrected chi connectivity index (χ3v) is 3.63. The molecule has 0 saturated carbocycles. The molecule has 0 heterocycles. The van der Waals surface area contributed by atoms with E-state index in [2.05, 4.69) is 24.4 Å². The van der Waals surface area contributed by atoms with Gasteiger partial charge in [0.25, 0.3) is 0 Å². The summed E-state index contributed by atoms with van der Waals surface area (Å²) in [5.74, 6) is 2.44. The highest BCUT2D eigenvalue weighted by Gasteiger charge is 2.07. The summed E-state index contributed by atoms with van der Waals surface area (Å²) < 4.78 is 17.4. The van der Waals surface area contributed by atoms with E-state index in [0.29, 0.717) is 19.8 Å². The molecule has 0 aliphatic rings. The van der Waals surface area contributed by atoms with Gasteiger partial charge in [0.05, 0.1) is 6.61 Å². The predicted molar refractivity (Wildman–Crippen MR) is 97.3 cm³/mol. The second kappa shape index (κ2) is 9.18. The topological polar surface area (TPSA) is 39.7 Å². The summed E-state index contributed by atoms with van der Waals surface area (Å²) in [6.45, 7) is 8.45. The molecule has 0 fully saturated rings. The van der Waals surface area contributed by atoms with Crippen LogP contribution in [-0.4, -0.2) is 26.9 Å². The minimum Gasteiger partial charge on any atom is -0.490 e. The van der Waals surface area contributed by atoms with Crippen LogP contribution in [0.25, 0.3) is 0 Å². The molecule has 0 radical (unpaired) electrons. The van der Waals surface area contributed by atoms with Gasteiger partial charge in [0.2, 0.25) is 0 Å². The van der Waals surface area contributed by atoms with E-state index in [1.807, 2.05) is 45.2 Å². The van der Waals surface area contributed by atoms with E-state index in [4.69, 9.17) is 14.2 Å². The average Bonchev–Trinajstić information content (AvgIpc) is 2.57. The third kappa shape index (κ3) is 5.17. The molecule has 2 rings (SSSR count). The number of hydrogen-bond donors (Lipinski definition) is 1. The molecule has 130 valence electrons. The lowest BCUT2D eigenvalue weighted by atomic mass is 10.1. The van der Waals surface area contributed by atoms with Crippen LogP contribution in [0.4, 0.5) is 0 Å². The smallest absolute Gasteiger partial charge is 0.161 e. The quantitative estimate of drug-likeness (QED) is 0.709. The highest BCUT2D eigenvalue weighted by molar-refractivity contribution is 5.43. The molecule has 4 nitrogen and oxygen atoms in total. The standard InChI is InChI=1S/C20H27NO3/c1-5-22-20-13-17(14-21-4)8-9-18(20)23-10-11-24-19-12-15(2)6-7-16(19)3/h6-9,12-13,21H,5,10-11,14H2,1-4H3. The van der Waals surface area contributed by atoms with Crippen molar-refractivity contribution < 1.29 is 14.2 Å². The molecule has 0 saturated heterocycles. The zero-order chi connectivity index (χ0) is 17.4. The molecule has 0 aliphatic heterocycles. The van der Waals surface area contributed by atoms with Gasteiger partial charge in [-0.15, -0.1) is 0 Å². The van der Waals surface area contributed by atoms with Gasteiger partial charge in [-0.3, -0.25) is 0 Å². The van der Waals surface area contributed by atoms with Crippen molar-refractivity contribution >= 4 is 0 Å². The van der Waals surface area contributed by atoms with Gasteiger partial charge >= 0.3 is 0 Å². The van der Waals surface area contributed by atoms with Crippen molar-refractivity contribution in [2.75, 3.05) is 26.9 Å². The zero-order valence-electron chi connectivity index (χ0n) is 15.0. The molecule has 0 amide bonds. The first-order valence-electron chi connectivity index (χ1n) is 8.37. The Morgan fingerprint density at radius 1 is 0.833 bits per heavy atom. The van der Waals surface area contributed by atoms with Crippen molar-refractivity contribution in [1.82, 2.24) is 5.32 Å². The fourth-order valence-corrected chi connectivity index (χ4v) is 2.42. The van der Waals surface area contributed by atoms with Gasteiger partial charge in [-0.05, 0) is 62.7 Å². The van der Waals surface area contributed by atoms with E-state index in [1.165, 1.54) is 11.1 Å². The van der Waals surface area contributed by atoms with Gasteiger partial charge in [-0.2, -0.15) is 0 Å². The molecule has 0 atom stereocenters. The van der Waals surface area contributed by atoms with Crippen LogP contribution in [0.3, 0.4) is 0 Å². The van der Waals surface area contributed by atoms with E-state index in [-0.39, 0.29) is 0 Å². The Morgan fingerprint density at radius 3 is 2.29 bits per heavy atom. The number of hydrogen-bond acceptors (Lipinski definition) is 4. The Morgan fingerprint density at radius 2 is 1.58 bits per heavy atom. The molecular weight excluding hydrogens is 302 g/mol. The molecule has 4 heteroatoms.